The second kappa shape index (κ2) is 5.51. The third kappa shape index (κ3) is 3.90. The molecule has 2 heterocycles. The van der Waals surface area contributed by atoms with Gasteiger partial charge in [-0.1, -0.05) is 0 Å². The van der Waals surface area contributed by atoms with Gasteiger partial charge in [-0.2, -0.15) is 5.10 Å². The normalized spacial score (nSPS) is 16.8. The molecule has 2 rings (SSSR count). The van der Waals surface area contributed by atoms with E-state index in [1.165, 1.54) is 11.1 Å². The standard InChI is InChI=1S/C14H21N3O5/c1-13(2,3)22-12(20)17-8-14(9-17,5-11(18)19)21-10-6-15-16(4)7-10/h6-7H,5,8-9H2,1-4H3,(H,18,19). The summed E-state index contributed by atoms with van der Waals surface area (Å²) in [7, 11) is 1.74. The van der Waals surface area contributed by atoms with Crippen LogP contribution < -0.4 is 4.74 Å². The lowest BCUT2D eigenvalue weighted by Gasteiger charge is -2.48. The molecule has 0 aliphatic carbocycles. The van der Waals surface area contributed by atoms with Gasteiger partial charge in [0.25, 0.3) is 0 Å². The summed E-state index contributed by atoms with van der Waals surface area (Å²) < 4.78 is 12.6. The highest BCUT2D eigenvalue weighted by Crippen LogP contribution is 2.32. The molecule has 8 heteroatoms. The smallest absolute Gasteiger partial charge is 0.410 e. The third-order valence-corrected chi connectivity index (χ3v) is 3.10. The van der Waals surface area contributed by atoms with Crippen molar-refractivity contribution in [2.24, 2.45) is 7.05 Å². The summed E-state index contributed by atoms with van der Waals surface area (Å²) in [6.45, 7) is 5.68. The van der Waals surface area contributed by atoms with E-state index in [9.17, 15) is 9.59 Å². The van der Waals surface area contributed by atoms with Gasteiger partial charge in [0.15, 0.2) is 11.4 Å². The maximum atomic E-state index is 12.0. The number of aryl methyl sites for hydroxylation is 1. The number of likely N-dealkylation sites (tertiary alicyclic amines) is 1. The number of carboxylic acid groups (broad SMARTS) is 1. The highest BCUT2D eigenvalue weighted by Gasteiger charge is 2.50. The molecule has 1 aliphatic rings. The molecule has 22 heavy (non-hydrogen) atoms. The van der Waals surface area contributed by atoms with Gasteiger partial charge in [0.2, 0.25) is 0 Å². The van der Waals surface area contributed by atoms with E-state index in [4.69, 9.17) is 14.6 Å². The number of aliphatic carboxylic acids is 1. The minimum Gasteiger partial charge on any atom is -0.481 e. The molecule has 1 aromatic rings. The lowest BCUT2D eigenvalue weighted by Crippen LogP contribution is -2.67. The van der Waals surface area contributed by atoms with E-state index in [1.807, 2.05) is 0 Å². The second-order valence-electron chi connectivity index (χ2n) is 6.54. The van der Waals surface area contributed by atoms with Crippen LogP contribution in [0.15, 0.2) is 12.4 Å². The van der Waals surface area contributed by atoms with Gasteiger partial charge in [-0.25, -0.2) is 4.79 Å². The molecule has 0 bridgehead atoms. The Morgan fingerprint density at radius 2 is 2.05 bits per heavy atom. The summed E-state index contributed by atoms with van der Waals surface area (Å²) in [4.78, 5) is 24.5. The number of carbonyl (C=O) groups excluding carboxylic acids is 1. The van der Waals surface area contributed by atoms with Crippen LogP contribution >= 0.6 is 0 Å². The largest absolute Gasteiger partial charge is 0.481 e. The van der Waals surface area contributed by atoms with Gasteiger partial charge >= 0.3 is 12.1 Å². The van der Waals surface area contributed by atoms with Crippen molar-refractivity contribution < 1.29 is 24.2 Å². The fraction of sp³-hybridized carbons (Fsp3) is 0.643. The first-order valence-electron chi connectivity index (χ1n) is 6.96. The van der Waals surface area contributed by atoms with Crippen LogP contribution in [0.5, 0.6) is 5.75 Å². The van der Waals surface area contributed by atoms with Crippen molar-refractivity contribution in [3.05, 3.63) is 12.4 Å². The maximum Gasteiger partial charge on any atom is 0.410 e. The van der Waals surface area contributed by atoms with Crippen LogP contribution in [0, 0.1) is 0 Å². The average Bonchev–Trinajstić information content (AvgIpc) is 2.67. The summed E-state index contributed by atoms with van der Waals surface area (Å²) in [5.41, 5.74) is -1.53. The third-order valence-electron chi connectivity index (χ3n) is 3.10. The van der Waals surface area contributed by atoms with Crippen LogP contribution in [0.3, 0.4) is 0 Å². The molecular formula is C14H21N3O5. The van der Waals surface area contributed by atoms with E-state index >= 15 is 0 Å². The fourth-order valence-corrected chi connectivity index (χ4v) is 2.29. The Balaban J connectivity index is 2.02. The molecule has 8 nitrogen and oxygen atoms in total. The van der Waals surface area contributed by atoms with E-state index in [0.29, 0.717) is 5.75 Å². The van der Waals surface area contributed by atoms with Crippen molar-refractivity contribution in [3.8, 4) is 5.75 Å². The first kappa shape index (κ1) is 16.1. The van der Waals surface area contributed by atoms with Crippen LogP contribution in [0.1, 0.15) is 27.2 Å². The Kier molecular flexibility index (Phi) is 4.04. The Morgan fingerprint density at radius 3 is 2.50 bits per heavy atom. The van der Waals surface area contributed by atoms with E-state index in [1.54, 1.807) is 38.7 Å². The number of ether oxygens (including phenoxy) is 2. The Labute approximate surface area is 128 Å². The van der Waals surface area contributed by atoms with Crippen molar-refractivity contribution in [1.82, 2.24) is 14.7 Å². The van der Waals surface area contributed by atoms with Gasteiger partial charge in [-0.15, -0.1) is 0 Å². The molecule has 1 aliphatic heterocycles. The molecule has 1 fully saturated rings. The second-order valence-corrected chi connectivity index (χ2v) is 6.54. The first-order chi connectivity index (χ1) is 10.1. The molecule has 0 atom stereocenters. The molecular weight excluding hydrogens is 290 g/mol. The molecule has 0 radical (unpaired) electrons. The topological polar surface area (TPSA) is 93.9 Å². The highest BCUT2D eigenvalue weighted by atomic mass is 16.6. The molecule has 0 spiro atoms. The average molecular weight is 311 g/mol. The van der Waals surface area contributed by atoms with E-state index in [0.717, 1.165) is 0 Å². The van der Waals surface area contributed by atoms with Crippen LogP contribution in [0.4, 0.5) is 4.79 Å². The summed E-state index contributed by atoms with van der Waals surface area (Å²) in [5.74, 6) is -0.500. The number of hydrogen-bond donors (Lipinski definition) is 1. The van der Waals surface area contributed by atoms with Gasteiger partial charge in [-0.3, -0.25) is 14.4 Å². The Bertz CT molecular complexity index is 569. The monoisotopic (exact) mass is 311 g/mol. The lowest BCUT2D eigenvalue weighted by molar-refractivity contribution is -0.149. The minimum absolute atomic E-state index is 0.170. The van der Waals surface area contributed by atoms with E-state index in [-0.39, 0.29) is 19.5 Å². The van der Waals surface area contributed by atoms with Gasteiger partial charge in [0, 0.05) is 7.05 Å². The van der Waals surface area contributed by atoms with Crippen LogP contribution in [-0.2, 0) is 16.6 Å². The molecule has 0 saturated carbocycles. The maximum absolute atomic E-state index is 12.0. The molecule has 1 saturated heterocycles. The van der Waals surface area contributed by atoms with E-state index < -0.39 is 23.3 Å². The molecule has 0 aromatic carbocycles. The molecule has 1 amide bonds. The van der Waals surface area contributed by atoms with Crippen molar-refractivity contribution in [2.75, 3.05) is 13.1 Å². The number of amides is 1. The first-order valence-corrected chi connectivity index (χ1v) is 6.96. The summed E-state index contributed by atoms with van der Waals surface area (Å²) in [6, 6.07) is 0. The Hall–Kier alpha value is -2.25. The SMILES string of the molecule is Cn1cc(OC2(CC(=O)O)CN(C(=O)OC(C)(C)C)C2)cn1. The summed E-state index contributed by atoms with van der Waals surface area (Å²) in [6.07, 6.45) is 2.50. The quantitative estimate of drug-likeness (QED) is 0.899. The number of hydrogen-bond acceptors (Lipinski definition) is 5. The van der Waals surface area contributed by atoms with Gasteiger partial charge < -0.3 is 14.6 Å². The fourth-order valence-electron chi connectivity index (χ4n) is 2.29. The molecule has 122 valence electrons. The van der Waals surface area contributed by atoms with Crippen molar-refractivity contribution >= 4 is 12.1 Å². The molecule has 0 unspecified atom stereocenters. The highest BCUT2D eigenvalue weighted by molar-refractivity contribution is 5.72. The predicted octanol–water partition coefficient (Wildman–Crippen LogP) is 1.26. The van der Waals surface area contributed by atoms with Crippen LogP contribution in [-0.4, -0.2) is 56.1 Å². The number of carbonyl (C=O) groups is 2. The van der Waals surface area contributed by atoms with E-state index in [2.05, 4.69) is 5.10 Å². The lowest BCUT2D eigenvalue weighted by atomic mass is 9.90. The molecule has 1 N–H and O–H groups in total. The van der Waals surface area contributed by atoms with Crippen molar-refractivity contribution in [3.63, 3.8) is 0 Å². The number of aromatic nitrogens is 2. The zero-order chi connectivity index (χ0) is 16.5. The minimum atomic E-state index is -0.979. The number of rotatable bonds is 4. The zero-order valence-corrected chi connectivity index (χ0v) is 13.2. The zero-order valence-electron chi connectivity index (χ0n) is 13.2. The van der Waals surface area contributed by atoms with Gasteiger partial charge in [0.05, 0.1) is 31.9 Å². The van der Waals surface area contributed by atoms with Crippen molar-refractivity contribution in [1.29, 1.82) is 0 Å². The van der Waals surface area contributed by atoms with Crippen LogP contribution in [0.25, 0.3) is 0 Å². The summed E-state index contributed by atoms with van der Waals surface area (Å²) >= 11 is 0. The predicted molar refractivity (Wildman–Crippen MR) is 76.6 cm³/mol. The van der Waals surface area contributed by atoms with Gasteiger partial charge in [0.1, 0.15) is 5.60 Å². The number of carboxylic acids is 1. The summed E-state index contributed by atoms with van der Waals surface area (Å²) in [5, 5.41) is 13.1. The molecule has 1 aromatic heterocycles. The Morgan fingerprint density at radius 1 is 1.41 bits per heavy atom. The van der Waals surface area contributed by atoms with Crippen LogP contribution in [0.2, 0.25) is 0 Å². The van der Waals surface area contributed by atoms with Gasteiger partial charge in [-0.05, 0) is 20.8 Å². The van der Waals surface area contributed by atoms with Crippen molar-refractivity contribution in [2.45, 2.75) is 38.4 Å². The number of nitrogens with zero attached hydrogens (tertiary/aromatic N) is 3.